The van der Waals surface area contributed by atoms with Crippen LogP contribution in [0, 0.1) is 11.6 Å². The average Bonchev–Trinajstić information content (AvgIpc) is 2.76. The van der Waals surface area contributed by atoms with Crippen LogP contribution in [0.2, 0.25) is 0 Å². The Kier molecular flexibility index (Phi) is 2.71. The molecular formula is C16H12F2. The maximum Gasteiger partial charge on any atom is 0.127 e. The second kappa shape index (κ2) is 4.37. The van der Waals surface area contributed by atoms with Crippen molar-refractivity contribution in [1.82, 2.24) is 0 Å². The highest BCUT2D eigenvalue weighted by Gasteiger charge is 2.18. The Labute approximate surface area is 105 Å². The van der Waals surface area contributed by atoms with E-state index in [0.717, 1.165) is 23.1 Å². The van der Waals surface area contributed by atoms with Gasteiger partial charge in [0.1, 0.15) is 11.6 Å². The fourth-order valence-corrected chi connectivity index (χ4v) is 2.40. The summed E-state index contributed by atoms with van der Waals surface area (Å²) in [6.07, 6.45) is 3.45. The lowest BCUT2D eigenvalue weighted by atomic mass is 10.1. The molecule has 3 rings (SSSR count). The van der Waals surface area contributed by atoms with Crippen molar-refractivity contribution in [3.05, 3.63) is 76.4 Å². The van der Waals surface area contributed by atoms with Crippen LogP contribution in [0.15, 0.2) is 48.0 Å². The summed E-state index contributed by atoms with van der Waals surface area (Å²) in [4.78, 5) is 0. The van der Waals surface area contributed by atoms with E-state index >= 15 is 0 Å². The quantitative estimate of drug-likeness (QED) is 0.704. The number of fused-ring (bicyclic) bond motifs is 1. The summed E-state index contributed by atoms with van der Waals surface area (Å²) in [7, 11) is 0. The van der Waals surface area contributed by atoms with Crippen molar-refractivity contribution in [2.45, 2.75) is 12.8 Å². The number of halogens is 2. The van der Waals surface area contributed by atoms with Gasteiger partial charge in [-0.15, -0.1) is 0 Å². The van der Waals surface area contributed by atoms with Crippen molar-refractivity contribution < 1.29 is 8.78 Å². The molecule has 1 aliphatic rings. The molecule has 0 amide bonds. The molecule has 0 saturated carbocycles. The Morgan fingerprint density at radius 2 is 1.67 bits per heavy atom. The van der Waals surface area contributed by atoms with Gasteiger partial charge >= 0.3 is 0 Å². The lowest BCUT2D eigenvalue weighted by Crippen LogP contribution is -1.86. The first-order valence-electron chi connectivity index (χ1n) is 5.93. The maximum absolute atomic E-state index is 13.6. The molecule has 1 aliphatic carbocycles. The number of hydrogen-bond donors (Lipinski definition) is 0. The van der Waals surface area contributed by atoms with E-state index in [-0.39, 0.29) is 11.6 Å². The van der Waals surface area contributed by atoms with E-state index in [0.29, 0.717) is 6.42 Å². The molecule has 0 radical (unpaired) electrons. The molecule has 0 bridgehead atoms. The van der Waals surface area contributed by atoms with Crippen LogP contribution >= 0.6 is 0 Å². The first-order valence-corrected chi connectivity index (χ1v) is 5.93. The highest BCUT2D eigenvalue weighted by Crippen LogP contribution is 2.29. The van der Waals surface area contributed by atoms with Crippen molar-refractivity contribution in [1.29, 1.82) is 0 Å². The second-order valence-electron chi connectivity index (χ2n) is 4.59. The molecule has 2 aromatic rings. The van der Waals surface area contributed by atoms with Crippen LogP contribution in [0.5, 0.6) is 0 Å². The second-order valence-corrected chi connectivity index (χ2v) is 4.59. The molecule has 0 nitrogen and oxygen atoms in total. The maximum atomic E-state index is 13.6. The van der Waals surface area contributed by atoms with Crippen LogP contribution in [0.25, 0.3) is 6.08 Å². The summed E-state index contributed by atoms with van der Waals surface area (Å²) in [5.41, 5.74) is 3.98. The molecule has 90 valence electrons. The molecule has 2 heteroatoms. The molecule has 0 unspecified atom stereocenters. The van der Waals surface area contributed by atoms with E-state index in [2.05, 4.69) is 0 Å². The zero-order valence-electron chi connectivity index (χ0n) is 9.79. The highest BCUT2D eigenvalue weighted by atomic mass is 19.1. The van der Waals surface area contributed by atoms with E-state index < -0.39 is 0 Å². The number of rotatable bonds is 1. The standard InChI is InChI=1S/C16H12F2/c17-14-6-4-11(5-7-14)8-12-9-13-2-1-3-16(18)15(13)10-12/h1-8H,9-10H2/b12-8+. The molecule has 0 aliphatic heterocycles. The molecule has 0 aromatic heterocycles. The molecule has 2 aromatic carbocycles. The van der Waals surface area contributed by atoms with Gasteiger partial charge in [0.05, 0.1) is 0 Å². The van der Waals surface area contributed by atoms with E-state index in [1.165, 1.54) is 23.8 Å². The van der Waals surface area contributed by atoms with Gasteiger partial charge in [-0.3, -0.25) is 0 Å². The SMILES string of the molecule is Fc1ccc(/C=C2\Cc3cccc(F)c3C2)cc1. The number of benzene rings is 2. The smallest absolute Gasteiger partial charge is 0.127 e. The van der Waals surface area contributed by atoms with Crippen LogP contribution in [0.1, 0.15) is 16.7 Å². The third-order valence-corrected chi connectivity index (χ3v) is 3.28. The number of hydrogen-bond acceptors (Lipinski definition) is 0. The highest BCUT2D eigenvalue weighted by molar-refractivity contribution is 5.58. The first kappa shape index (κ1) is 11.1. The van der Waals surface area contributed by atoms with Crippen LogP contribution in [0.4, 0.5) is 8.78 Å². The van der Waals surface area contributed by atoms with Crippen LogP contribution in [0.3, 0.4) is 0 Å². The Balaban J connectivity index is 1.89. The molecule has 0 N–H and O–H groups in total. The Morgan fingerprint density at radius 3 is 2.39 bits per heavy atom. The van der Waals surface area contributed by atoms with Crippen LogP contribution in [-0.4, -0.2) is 0 Å². The van der Waals surface area contributed by atoms with E-state index in [9.17, 15) is 8.78 Å². The van der Waals surface area contributed by atoms with Crippen molar-refractivity contribution >= 4 is 6.08 Å². The minimum Gasteiger partial charge on any atom is -0.207 e. The van der Waals surface area contributed by atoms with E-state index in [1.54, 1.807) is 18.2 Å². The summed E-state index contributed by atoms with van der Waals surface area (Å²) >= 11 is 0. The van der Waals surface area contributed by atoms with E-state index in [1.807, 2.05) is 12.1 Å². The summed E-state index contributed by atoms with van der Waals surface area (Å²) in [6.45, 7) is 0. The van der Waals surface area contributed by atoms with Crippen molar-refractivity contribution in [2.75, 3.05) is 0 Å². The third kappa shape index (κ3) is 2.06. The van der Waals surface area contributed by atoms with Gasteiger partial charge in [0.2, 0.25) is 0 Å². The van der Waals surface area contributed by atoms with Gasteiger partial charge < -0.3 is 0 Å². The van der Waals surface area contributed by atoms with Gasteiger partial charge in [0, 0.05) is 0 Å². The van der Waals surface area contributed by atoms with E-state index in [4.69, 9.17) is 0 Å². The average molecular weight is 242 g/mol. The van der Waals surface area contributed by atoms with Gasteiger partial charge in [0.15, 0.2) is 0 Å². The van der Waals surface area contributed by atoms with Gasteiger partial charge in [0.25, 0.3) is 0 Å². The normalized spacial score (nSPS) is 16.0. The lowest BCUT2D eigenvalue weighted by Gasteiger charge is -1.97. The van der Waals surface area contributed by atoms with Crippen molar-refractivity contribution in [3.63, 3.8) is 0 Å². The van der Waals surface area contributed by atoms with Gasteiger partial charge in [-0.05, 0) is 47.7 Å². The predicted octanol–water partition coefficient (Wildman–Crippen LogP) is 4.15. The number of allylic oxidation sites excluding steroid dienone is 1. The minimum atomic E-state index is -0.238. The van der Waals surface area contributed by atoms with Crippen LogP contribution < -0.4 is 0 Å². The zero-order valence-corrected chi connectivity index (χ0v) is 9.79. The molecule has 0 atom stereocenters. The third-order valence-electron chi connectivity index (χ3n) is 3.28. The Bertz CT molecular complexity index is 609. The van der Waals surface area contributed by atoms with Crippen molar-refractivity contribution in [2.24, 2.45) is 0 Å². The summed E-state index contributed by atoms with van der Waals surface area (Å²) in [5, 5.41) is 0. The predicted molar refractivity (Wildman–Crippen MR) is 68.2 cm³/mol. The monoisotopic (exact) mass is 242 g/mol. The molecule has 0 heterocycles. The topological polar surface area (TPSA) is 0 Å². The first-order chi connectivity index (χ1) is 8.72. The lowest BCUT2D eigenvalue weighted by molar-refractivity contribution is 0.615. The molecule has 0 spiro atoms. The summed E-state index contributed by atoms with van der Waals surface area (Å²) < 4.78 is 26.4. The zero-order chi connectivity index (χ0) is 12.5. The molecule has 0 fully saturated rings. The van der Waals surface area contributed by atoms with Gasteiger partial charge in [-0.25, -0.2) is 8.78 Å². The van der Waals surface area contributed by atoms with Gasteiger partial charge in [-0.1, -0.05) is 35.9 Å². The van der Waals surface area contributed by atoms with Gasteiger partial charge in [-0.2, -0.15) is 0 Å². The molecule has 0 saturated heterocycles. The summed E-state index contributed by atoms with van der Waals surface area (Å²) in [5.74, 6) is -0.368. The molecular weight excluding hydrogens is 230 g/mol. The molecule has 18 heavy (non-hydrogen) atoms. The van der Waals surface area contributed by atoms with Crippen molar-refractivity contribution in [3.8, 4) is 0 Å². The fourth-order valence-electron chi connectivity index (χ4n) is 2.40. The largest absolute Gasteiger partial charge is 0.207 e. The minimum absolute atomic E-state index is 0.130. The fraction of sp³-hybridized carbons (Fsp3) is 0.125. The summed E-state index contributed by atoms with van der Waals surface area (Å²) in [6, 6.07) is 11.6. The Hall–Kier alpha value is -1.96. The Morgan fingerprint density at radius 1 is 0.889 bits per heavy atom. The van der Waals surface area contributed by atoms with Crippen LogP contribution in [-0.2, 0) is 12.8 Å².